The van der Waals surface area contributed by atoms with Gasteiger partial charge in [0.15, 0.2) is 0 Å². The highest BCUT2D eigenvalue weighted by atomic mass is 16.2. The molecule has 64 valence electrons. The highest BCUT2D eigenvalue weighted by Crippen LogP contribution is 1.83. The van der Waals surface area contributed by atoms with E-state index in [9.17, 15) is 4.79 Å². The standard InChI is InChI=1S/C6H14N4O/c1-5(2)7-6(11)8-9-10(3)4/h5H,1-4H3,(H,7,11). The fourth-order valence-corrected chi connectivity index (χ4v) is 0.406. The molecule has 0 aromatic heterocycles. The molecular formula is C6H14N4O. The van der Waals surface area contributed by atoms with Gasteiger partial charge < -0.3 is 5.32 Å². The van der Waals surface area contributed by atoms with Crippen molar-refractivity contribution in [2.45, 2.75) is 19.9 Å². The second-order valence-corrected chi connectivity index (χ2v) is 2.64. The molecule has 0 spiro atoms. The van der Waals surface area contributed by atoms with Crippen LogP contribution in [0, 0.1) is 0 Å². The van der Waals surface area contributed by atoms with Crippen LogP contribution in [0.1, 0.15) is 13.8 Å². The van der Waals surface area contributed by atoms with Crippen molar-refractivity contribution in [1.29, 1.82) is 0 Å². The van der Waals surface area contributed by atoms with E-state index in [-0.39, 0.29) is 6.04 Å². The Labute approximate surface area is 66.5 Å². The summed E-state index contributed by atoms with van der Waals surface area (Å²) in [4.78, 5) is 10.8. The zero-order chi connectivity index (χ0) is 8.85. The number of urea groups is 1. The van der Waals surface area contributed by atoms with Crippen molar-refractivity contribution < 1.29 is 4.79 Å². The van der Waals surface area contributed by atoms with Crippen LogP contribution in [0.2, 0.25) is 0 Å². The molecule has 0 aliphatic heterocycles. The van der Waals surface area contributed by atoms with Gasteiger partial charge in [0.1, 0.15) is 0 Å². The van der Waals surface area contributed by atoms with Gasteiger partial charge in [-0.2, -0.15) is 0 Å². The lowest BCUT2D eigenvalue weighted by Crippen LogP contribution is -2.27. The number of hydrogen-bond donors (Lipinski definition) is 1. The van der Waals surface area contributed by atoms with Crippen molar-refractivity contribution in [2.75, 3.05) is 14.1 Å². The summed E-state index contributed by atoms with van der Waals surface area (Å²) in [5.41, 5.74) is 0. The summed E-state index contributed by atoms with van der Waals surface area (Å²) in [6, 6.07) is -0.308. The van der Waals surface area contributed by atoms with Crippen molar-refractivity contribution in [3.63, 3.8) is 0 Å². The Balaban J connectivity index is 3.69. The molecule has 1 N–H and O–H groups in total. The minimum atomic E-state index is -0.409. The SMILES string of the molecule is CC(C)NC(=O)N=NN(C)C. The third-order valence-corrected chi connectivity index (χ3v) is 0.727. The van der Waals surface area contributed by atoms with Crippen molar-refractivity contribution in [2.24, 2.45) is 10.3 Å². The van der Waals surface area contributed by atoms with E-state index in [1.54, 1.807) is 14.1 Å². The molecule has 11 heavy (non-hydrogen) atoms. The zero-order valence-corrected chi connectivity index (χ0v) is 7.33. The van der Waals surface area contributed by atoms with Gasteiger partial charge in [0, 0.05) is 20.1 Å². The molecule has 5 nitrogen and oxygen atoms in total. The molecule has 0 aliphatic rings. The minimum Gasteiger partial charge on any atom is -0.333 e. The van der Waals surface area contributed by atoms with Crippen LogP contribution in [0.25, 0.3) is 0 Å². The Hall–Kier alpha value is -1.13. The predicted octanol–water partition coefficient (Wildman–Crippen LogP) is 1.03. The lowest BCUT2D eigenvalue weighted by atomic mass is 10.4. The normalized spacial score (nSPS) is 10.6. The Morgan fingerprint density at radius 1 is 1.45 bits per heavy atom. The molecule has 0 bridgehead atoms. The molecule has 0 saturated carbocycles. The topological polar surface area (TPSA) is 57.1 Å². The maximum absolute atomic E-state index is 10.8. The molecule has 0 rings (SSSR count). The van der Waals surface area contributed by atoms with Gasteiger partial charge in [0.05, 0.1) is 0 Å². The van der Waals surface area contributed by atoms with Crippen LogP contribution < -0.4 is 5.32 Å². The molecule has 0 heterocycles. The lowest BCUT2D eigenvalue weighted by Gasteiger charge is -2.04. The summed E-state index contributed by atoms with van der Waals surface area (Å²) in [6.07, 6.45) is 0. The predicted molar refractivity (Wildman–Crippen MR) is 42.2 cm³/mol. The molecule has 0 atom stereocenters. The maximum atomic E-state index is 10.8. The summed E-state index contributed by atoms with van der Waals surface area (Å²) in [6.45, 7) is 3.73. The summed E-state index contributed by atoms with van der Waals surface area (Å²) in [5, 5.41) is 10.9. The van der Waals surface area contributed by atoms with Crippen LogP contribution in [0.5, 0.6) is 0 Å². The van der Waals surface area contributed by atoms with Gasteiger partial charge in [0.25, 0.3) is 0 Å². The van der Waals surface area contributed by atoms with Crippen LogP contribution in [0.15, 0.2) is 10.3 Å². The third-order valence-electron chi connectivity index (χ3n) is 0.727. The smallest absolute Gasteiger partial charge is 0.333 e. The number of rotatable bonds is 2. The first-order valence-electron chi connectivity index (χ1n) is 3.42. The lowest BCUT2D eigenvalue weighted by molar-refractivity contribution is 0.242. The second-order valence-electron chi connectivity index (χ2n) is 2.64. The molecule has 0 aliphatic carbocycles. The first kappa shape index (κ1) is 9.87. The van der Waals surface area contributed by atoms with Gasteiger partial charge >= 0.3 is 6.03 Å². The summed E-state index contributed by atoms with van der Waals surface area (Å²) < 4.78 is 0. The molecular weight excluding hydrogens is 144 g/mol. The van der Waals surface area contributed by atoms with E-state index < -0.39 is 6.03 Å². The molecule has 0 aromatic carbocycles. The Morgan fingerprint density at radius 2 is 2.00 bits per heavy atom. The zero-order valence-electron chi connectivity index (χ0n) is 7.33. The minimum absolute atomic E-state index is 0.101. The molecule has 2 amide bonds. The van der Waals surface area contributed by atoms with Crippen LogP contribution in [0.3, 0.4) is 0 Å². The van der Waals surface area contributed by atoms with E-state index >= 15 is 0 Å². The molecule has 0 fully saturated rings. The van der Waals surface area contributed by atoms with Gasteiger partial charge in [0.2, 0.25) is 0 Å². The number of nitrogens with one attached hydrogen (secondary N) is 1. The first-order valence-corrected chi connectivity index (χ1v) is 3.42. The quantitative estimate of drug-likeness (QED) is 0.482. The Bertz CT molecular complexity index is 153. The van der Waals surface area contributed by atoms with Crippen LogP contribution in [-0.2, 0) is 0 Å². The van der Waals surface area contributed by atoms with Gasteiger partial charge in [-0.05, 0) is 13.8 Å². The maximum Gasteiger partial charge on any atom is 0.361 e. The van der Waals surface area contributed by atoms with E-state index in [1.165, 1.54) is 5.01 Å². The van der Waals surface area contributed by atoms with Gasteiger partial charge in [-0.1, -0.05) is 10.3 Å². The van der Waals surface area contributed by atoms with Crippen molar-refractivity contribution in [3.8, 4) is 0 Å². The first-order chi connectivity index (χ1) is 5.02. The summed E-state index contributed by atoms with van der Waals surface area (Å²) in [5.74, 6) is 0. The highest BCUT2D eigenvalue weighted by Gasteiger charge is 1.98. The van der Waals surface area contributed by atoms with Gasteiger partial charge in [-0.3, -0.25) is 5.01 Å². The highest BCUT2D eigenvalue weighted by molar-refractivity contribution is 5.74. The van der Waals surface area contributed by atoms with E-state index in [4.69, 9.17) is 0 Å². The van der Waals surface area contributed by atoms with Crippen LogP contribution in [0.4, 0.5) is 4.79 Å². The van der Waals surface area contributed by atoms with Crippen molar-refractivity contribution >= 4 is 6.03 Å². The van der Waals surface area contributed by atoms with Crippen molar-refractivity contribution in [3.05, 3.63) is 0 Å². The summed E-state index contributed by atoms with van der Waals surface area (Å²) in [7, 11) is 3.40. The van der Waals surface area contributed by atoms with Crippen LogP contribution in [-0.4, -0.2) is 31.2 Å². The number of amides is 2. The number of nitrogens with zero attached hydrogens (tertiary/aromatic N) is 3. The number of hydrogen-bond acceptors (Lipinski definition) is 2. The van der Waals surface area contributed by atoms with E-state index in [1.807, 2.05) is 13.8 Å². The average molecular weight is 158 g/mol. The largest absolute Gasteiger partial charge is 0.361 e. The van der Waals surface area contributed by atoms with Gasteiger partial charge in [-0.15, -0.1) is 0 Å². The van der Waals surface area contributed by atoms with E-state index in [0.717, 1.165) is 0 Å². The molecule has 0 aromatic rings. The Morgan fingerprint density at radius 3 is 2.36 bits per heavy atom. The number of carbonyl (C=O) groups is 1. The van der Waals surface area contributed by atoms with E-state index in [0.29, 0.717) is 0 Å². The molecule has 0 radical (unpaired) electrons. The average Bonchev–Trinajstić information content (AvgIpc) is 1.82. The van der Waals surface area contributed by atoms with Crippen LogP contribution >= 0.6 is 0 Å². The second kappa shape index (κ2) is 4.65. The van der Waals surface area contributed by atoms with E-state index in [2.05, 4.69) is 15.7 Å². The third kappa shape index (κ3) is 6.76. The fraction of sp³-hybridized carbons (Fsp3) is 0.833. The Kier molecular flexibility index (Phi) is 4.17. The van der Waals surface area contributed by atoms with Gasteiger partial charge in [-0.25, -0.2) is 4.79 Å². The fourth-order valence-electron chi connectivity index (χ4n) is 0.406. The molecule has 5 heteroatoms. The number of carbonyl (C=O) groups excluding carboxylic acids is 1. The molecule has 0 unspecified atom stereocenters. The molecule has 0 saturated heterocycles. The monoisotopic (exact) mass is 158 g/mol. The van der Waals surface area contributed by atoms with Crippen molar-refractivity contribution in [1.82, 2.24) is 10.3 Å². The summed E-state index contributed by atoms with van der Waals surface area (Å²) >= 11 is 0.